The van der Waals surface area contributed by atoms with Crippen LogP contribution in [-0.2, 0) is 22.4 Å². The van der Waals surface area contributed by atoms with Crippen molar-refractivity contribution in [1.82, 2.24) is 0 Å². The number of hydrogen-bond acceptors (Lipinski definition) is 3. The normalized spacial score (nSPS) is 14.3. The Morgan fingerprint density at radius 3 is 2.56 bits per heavy atom. The number of ether oxygens (including phenoxy) is 1. The number of esters is 1. The SMILES string of the molecule is C[C@@H](OC(=O)/C=C/c1ccc(F)cc1)C(=O)c1ccc2c(c1)CCC2. The highest BCUT2D eigenvalue weighted by Gasteiger charge is 2.20. The predicted octanol–water partition coefficient (Wildman–Crippen LogP) is 4.14. The van der Waals surface area contributed by atoms with Gasteiger partial charge in [-0.25, -0.2) is 9.18 Å². The second-order valence-corrected chi connectivity index (χ2v) is 6.17. The molecule has 0 radical (unpaired) electrons. The molecule has 0 saturated carbocycles. The zero-order valence-corrected chi connectivity index (χ0v) is 14.0. The van der Waals surface area contributed by atoms with E-state index in [0.717, 1.165) is 19.3 Å². The molecule has 0 bridgehead atoms. The highest BCUT2D eigenvalue weighted by molar-refractivity contribution is 6.01. The molecule has 0 fully saturated rings. The molecular weight excluding hydrogens is 319 g/mol. The van der Waals surface area contributed by atoms with Crippen molar-refractivity contribution in [1.29, 1.82) is 0 Å². The summed E-state index contributed by atoms with van der Waals surface area (Å²) < 4.78 is 18.0. The van der Waals surface area contributed by atoms with Crippen LogP contribution in [0.25, 0.3) is 6.08 Å². The van der Waals surface area contributed by atoms with E-state index < -0.39 is 12.1 Å². The van der Waals surface area contributed by atoms with Crippen molar-refractivity contribution in [3.8, 4) is 0 Å². The van der Waals surface area contributed by atoms with Crippen molar-refractivity contribution in [2.45, 2.75) is 32.3 Å². The van der Waals surface area contributed by atoms with Gasteiger partial charge in [-0.2, -0.15) is 0 Å². The van der Waals surface area contributed by atoms with E-state index in [9.17, 15) is 14.0 Å². The molecule has 2 aromatic carbocycles. The molecule has 0 spiro atoms. The lowest BCUT2D eigenvalue weighted by Crippen LogP contribution is -2.23. The first-order valence-corrected chi connectivity index (χ1v) is 8.33. The van der Waals surface area contributed by atoms with Gasteiger partial charge in [0, 0.05) is 11.6 Å². The summed E-state index contributed by atoms with van der Waals surface area (Å²) in [6, 6.07) is 11.4. The molecule has 0 heterocycles. The maximum Gasteiger partial charge on any atom is 0.331 e. The van der Waals surface area contributed by atoms with Gasteiger partial charge in [0.1, 0.15) is 5.82 Å². The third-order valence-corrected chi connectivity index (χ3v) is 4.33. The van der Waals surface area contributed by atoms with Crippen LogP contribution in [0.1, 0.15) is 40.4 Å². The van der Waals surface area contributed by atoms with Gasteiger partial charge in [-0.05, 0) is 67.2 Å². The average Bonchev–Trinajstić information content (AvgIpc) is 3.08. The Bertz CT molecular complexity index is 822. The Labute approximate surface area is 146 Å². The van der Waals surface area contributed by atoms with Crippen LogP contribution in [0.15, 0.2) is 48.5 Å². The van der Waals surface area contributed by atoms with Crippen LogP contribution in [0.4, 0.5) is 4.39 Å². The molecule has 0 N–H and O–H groups in total. The van der Waals surface area contributed by atoms with E-state index in [0.29, 0.717) is 11.1 Å². The molecule has 4 heteroatoms. The Balaban J connectivity index is 1.61. The standard InChI is InChI=1S/C21H19FO3/c1-14(21(24)18-9-8-16-3-2-4-17(16)13-18)25-20(23)12-7-15-5-10-19(22)11-6-15/h5-14H,2-4H2,1H3/b12-7+/t14-/m1/s1. The third kappa shape index (κ3) is 4.21. The van der Waals surface area contributed by atoms with E-state index in [2.05, 4.69) is 0 Å². The van der Waals surface area contributed by atoms with Crippen molar-refractivity contribution in [2.24, 2.45) is 0 Å². The minimum atomic E-state index is -0.857. The van der Waals surface area contributed by atoms with Crippen LogP contribution < -0.4 is 0 Å². The Kier molecular flexibility index (Phi) is 5.08. The molecule has 0 saturated heterocycles. The summed E-state index contributed by atoms with van der Waals surface area (Å²) in [6.07, 6.45) is 5.07. The van der Waals surface area contributed by atoms with Crippen LogP contribution in [-0.4, -0.2) is 17.9 Å². The van der Waals surface area contributed by atoms with Gasteiger partial charge in [0.05, 0.1) is 0 Å². The van der Waals surface area contributed by atoms with Crippen LogP contribution >= 0.6 is 0 Å². The summed E-state index contributed by atoms with van der Waals surface area (Å²) in [5.41, 5.74) is 3.75. The van der Waals surface area contributed by atoms with Crippen LogP contribution in [0, 0.1) is 5.82 Å². The molecule has 0 aliphatic heterocycles. The second-order valence-electron chi connectivity index (χ2n) is 6.17. The summed E-state index contributed by atoms with van der Waals surface area (Å²) in [5.74, 6) is -1.15. The van der Waals surface area contributed by atoms with Gasteiger partial charge in [-0.15, -0.1) is 0 Å². The highest BCUT2D eigenvalue weighted by Crippen LogP contribution is 2.23. The highest BCUT2D eigenvalue weighted by atomic mass is 19.1. The summed E-state index contributed by atoms with van der Waals surface area (Å²) in [6.45, 7) is 1.57. The molecule has 2 aromatic rings. The Morgan fingerprint density at radius 1 is 1.08 bits per heavy atom. The van der Waals surface area contributed by atoms with E-state index in [4.69, 9.17) is 4.74 Å². The van der Waals surface area contributed by atoms with Gasteiger partial charge >= 0.3 is 5.97 Å². The number of rotatable bonds is 5. The number of ketones is 1. The number of Topliss-reactive ketones (excluding diaryl/α,β-unsaturated/α-hetero) is 1. The van der Waals surface area contributed by atoms with E-state index in [1.165, 1.54) is 35.4 Å². The van der Waals surface area contributed by atoms with E-state index in [1.54, 1.807) is 25.1 Å². The maximum absolute atomic E-state index is 12.8. The first-order chi connectivity index (χ1) is 12.0. The lowest BCUT2D eigenvalue weighted by Gasteiger charge is -2.12. The molecular formula is C21H19FO3. The number of benzene rings is 2. The molecule has 128 valence electrons. The molecule has 1 aliphatic rings. The topological polar surface area (TPSA) is 43.4 Å². The maximum atomic E-state index is 12.8. The Hall–Kier alpha value is -2.75. The third-order valence-electron chi connectivity index (χ3n) is 4.33. The van der Waals surface area contributed by atoms with Gasteiger partial charge in [0.25, 0.3) is 0 Å². The molecule has 3 nitrogen and oxygen atoms in total. The van der Waals surface area contributed by atoms with Gasteiger partial charge in [-0.3, -0.25) is 4.79 Å². The number of aryl methyl sites for hydroxylation is 2. The lowest BCUT2D eigenvalue weighted by molar-refractivity contribution is -0.140. The van der Waals surface area contributed by atoms with Gasteiger partial charge in [0.2, 0.25) is 5.78 Å². The fourth-order valence-electron chi connectivity index (χ4n) is 2.96. The monoisotopic (exact) mass is 338 g/mol. The van der Waals surface area contributed by atoms with Crippen LogP contribution in [0.3, 0.4) is 0 Å². The van der Waals surface area contributed by atoms with Crippen LogP contribution in [0.2, 0.25) is 0 Å². The zero-order chi connectivity index (χ0) is 17.8. The molecule has 1 atom stereocenters. The number of carbonyl (C=O) groups is 2. The number of halogens is 1. The number of hydrogen-bond donors (Lipinski definition) is 0. The Morgan fingerprint density at radius 2 is 1.80 bits per heavy atom. The number of carbonyl (C=O) groups excluding carboxylic acids is 2. The largest absolute Gasteiger partial charge is 0.451 e. The smallest absolute Gasteiger partial charge is 0.331 e. The minimum Gasteiger partial charge on any atom is -0.451 e. The summed E-state index contributed by atoms with van der Waals surface area (Å²) in [4.78, 5) is 24.3. The van der Waals surface area contributed by atoms with E-state index in [1.807, 2.05) is 12.1 Å². The summed E-state index contributed by atoms with van der Waals surface area (Å²) in [5, 5.41) is 0. The second kappa shape index (κ2) is 7.43. The van der Waals surface area contributed by atoms with Crippen molar-refractivity contribution >= 4 is 17.8 Å². The average molecular weight is 338 g/mol. The van der Waals surface area contributed by atoms with Gasteiger partial charge in [-0.1, -0.05) is 24.3 Å². The lowest BCUT2D eigenvalue weighted by atomic mass is 10.0. The number of fused-ring (bicyclic) bond motifs is 1. The zero-order valence-electron chi connectivity index (χ0n) is 14.0. The molecule has 25 heavy (non-hydrogen) atoms. The first kappa shape index (κ1) is 17.1. The molecule has 3 rings (SSSR count). The van der Waals surface area contributed by atoms with Gasteiger partial charge < -0.3 is 4.74 Å². The minimum absolute atomic E-state index is 0.210. The van der Waals surface area contributed by atoms with Crippen molar-refractivity contribution in [2.75, 3.05) is 0 Å². The molecule has 1 aliphatic carbocycles. The van der Waals surface area contributed by atoms with Crippen LogP contribution in [0.5, 0.6) is 0 Å². The van der Waals surface area contributed by atoms with E-state index >= 15 is 0 Å². The molecule has 0 unspecified atom stereocenters. The summed E-state index contributed by atoms with van der Waals surface area (Å²) in [7, 11) is 0. The molecule has 0 aromatic heterocycles. The van der Waals surface area contributed by atoms with Crippen molar-refractivity contribution < 1.29 is 18.7 Å². The van der Waals surface area contributed by atoms with E-state index in [-0.39, 0.29) is 11.6 Å². The van der Waals surface area contributed by atoms with Crippen molar-refractivity contribution in [3.63, 3.8) is 0 Å². The van der Waals surface area contributed by atoms with Gasteiger partial charge in [0.15, 0.2) is 6.10 Å². The molecule has 0 amide bonds. The summed E-state index contributed by atoms with van der Waals surface area (Å²) >= 11 is 0. The fourth-order valence-corrected chi connectivity index (χ4v) is 2.96. The predicted molar refractivity (Wildman–Crippen MR) is 93.8 cm³/mol. The quantitative estimate of drug-likeness (QED) is 0.467. The van der Waals surface area contributed by atoms with Crippen molar-refractivity contribution in [3.05, 3.63) is 76.6 Å². The first-order valence-electron chi connectivity index (χ1n) is 8.33. The fraction of sp³-hybridized carbons (Fsp3) is 0.238.